The van der Waals surface area contributed by atoms with Crippen LogP contribution in [-0.2, 0) is 12.3 Å². The molecule has 19 heavy (non-hydrogen) atoms. The van der Waals surface area contributed by atoms with Crippen LogP contribution in [-0.4, -0.2) is 6.54 Å². The van der Waals surface area contributed by atoms with Crippen molar-refractivity contribution in [1.29, 1.82) is 0 Å². The molecule has 1 nitrogen and oxygen atoms in total. The number of nitrogens with one attached hydrogen (secondary N) is 1. The molecule has 2 aromatic rings. The maximum Gasteiger partial charge on any atom is 0.0232 e. The number of hydrogen-bond donors (Lipinski definition) is 1. The zero-order valence-corrected chi connectivity index (χ0v) is 13.4. The summed E-state index contributed by atoms with van der Waals surface area (Å²) in [5.74, 6) is 1.01. The van der Waals surface area contributed by atoms with Gasteiger partial charge in [-0.25, -0.2) is 0 Å². The lowest BCUT2D eigenvalue weighted by atomic mass is 10.2. The van der Waals surface area contributed by atoms with Crippen molar-refractivity contribution >= 4 is 27.7 Å². The molecule has 2 aromatic carbocycles. The van der Waals surface area contributed by atoms with Gasteiger partial charge < -0.3 is 5.32 Å². The molecule has 3 heteroatoms. The lowest BCUT2D eigenvalue weighted by Gasteiger charge is -2.10. The van der Waals surface area contributed by atoms with Crippen LogP contribution in [0.5, 0.6) is 0 Å². The van der Waals surface area contributed by atoms with Gasteiger partial charge in [0.05, 0.1) is 0 Å². The Morgan fingerprint density at radius 1 is 1.11 bits per heavy atom. The quantitative estimate of drug-likeness (QED) is 0.757. The van der Waals surface area contributed by atoms with Crippen molar-refractivity contribution in [3.8, 4) is 0 Å². The van der Waals surface area contributed by atoms with Crippen LogP contribution in [0.15, 0.2) is 57.9 Å². The van der Waals surface area contributed by atoms with E-state index in [1.54, 1.807) is 0 Å². The Bertz CT molecular complexity index is 513. The Morgan fingerprint density at radius 3 is 2.63 bits per heavy atom. The van der Waals surface area contributed by atoms with Crippen molar-refractivity contribution in [3.63, 3.8) is 0 Å². The lowest BCUT2D eigenvalue weighted by molar-refractivity contribution is 0.718. The SMILES string of the molecule is CCNCc1ccc(Br)cc1SCc1ccccc1. The number of halogens is 1. The van der Waals surface area contributed by atoms with E-state index in [1.807, 2.05) is 11.8 Å². The smallest absolute Gasteiger partial charge is 0.0232 e. The summed E-state index contributed by atoms with van der Waals surface area (Å²) in [5.41, 5.74) is 2.73. The second-order valence-corrected chi connectivity index (χ2v) is 6.24. The van der Waals surface area contributed by atoms with Gasteiger partial charge in [0.1, 0.15) is 0 Å². The van der Waals surface area contributed by atoms with E-state index >= 15 is 0 Å². The Hall–Kier alpha value is -0.770. The summed E-state index contributed by atoms with van der Waals surface area (Å²) in [5, 5.41) is 3.39. The minimum absolute atomic E-state index is 0.931. The van der Waals surface area contributed by atoms with Crippen LogP contribution >= 0.6 is 27.7 Å². The highest BCUT2D eigenvalue weighted by atomic mass is 79.9. The van der Waals surface area contributed by atoms with Gasteiger partial charge >= 0.3 is 0 Å². The first kappa shape index (κ1) is 14.6. The number of benzene rings is 2. The molecular weight excluding hydrogens is 318 g/mol. The first-order valence-electron chi connectivity index (χ1n) is 6.45. The Kier molecular flexibility index (Phi) is 5.95. The van der Waals surface area contributed by atoms with Crippen LogP contribution in [0.25, 0.3) is 0 Å². The lowest BCUT2D eigenvalue weighted by Crippen LogP contribution is -2.12. The second kappa shape index (κ2) is 7.73. The molecule has 0 heterocycles. The molecule has 0 unspecified atom stereocenters. The minimum Gasteiger partial charge on any atom is -0.313 e. The molecule has 0 saturated carbocycles. The van der Waals surface area contributed by atoms with Gasteiger partial charge in [-0.05, 0) is 29.8 Å². The highest BCUT2D eigenvalue weighted by Gasteiger charge is 2.04. The predicted octanol–water partition coefficient (Wildman–Crippen LogP) is 4.85. The third kappa shape index (κ3) is 4.68. The van der Waals surface area contributed by atoms with Crippen molar-refractivity contribution < 1.29 is 0 Å². The summed E-state index contributed by atoms with van der Waals surface area (Å²) in [6, 6.07) is 17.1. The molecule has 0 saturated heterocycles. The first-order chi connectivity index (χ1) is 9.29. The largest absolute Gasteiger partial charge is 0.313 e. The number of thioether (sulfide) groups is 1. The molecule has 100 valence electrons. The van der Waals surface area contributed by atoms with Crippen LogP contribution in [0, 0.1) is 0 Å². The molecular formula is C16H18BrNS. The Labute approximate surface area is 127 Å². The summed E-state index contributed by atoms with van der Waals surface area (Å²) >= 11 is 5.45. The van der Waals surface area contributed by atoms with Crippen molar-refractivity contribution in [2.45, 2.75) is 24.1 Å². The van der Waals surface area contributed by atoms with Gasteiger partial charge in [-0.1, -0.05) is 59.3 Å². The summed E-state index contributed by atoms with van der Waals surface area (Å²) in [6.45, 7) is 4.06. The molecule has 2 rings (SSSR count). The summed E-state index contributed by atoms with van der Waals surface area (Å²) in [4.78, 5) is 1.35. The molecule has 0 amide bonds. The average molecular weight is 336 g/mol. The van der Waals surface area contributed by atoms with E-state index in [0.717, 1.165) is 23.3 Å². The van der Waals surface area contributed by atoms with Crippen LogP contribution in [0.3, 0.4) is 0 Å². The molecule has 1 N–H and O–H groups in total. The summed E-state index contributed by atoms with van der Waals surface area (Å²) < 4.78 is 1.14. The fourth-order valence-electron chi connectivity index (χ4n) is 1.80. The normalized spacial score (nSPS) is 10.6. The second-order valence-electron chi connectivity index (χ2n) is 4.31. The van der Waals surface area contributed by atoms with E-state index in [4.69, 9.17) is 0 Å². The number of rotatable bonds is 6. The monoisotopic (exact) mass is 335 g/mol. The Morgan fingerprint density at radius 2 is 1.89 bits per heavy atom. The third-order valence-corrected chi connectivity index (χ3v) is 4.49. The van der Waals surface area contributed by atoms with Crippen LogP contribution < -0.4 is 5.32 Å². The van der Waals surface area contributed by atoms with E-state index in [9.17, 15) is 0 Å². The minimum atomic E-state index is 0.931. The van der Waals surface area contributed by atoms with E-state index in [0.29, 0.717) is 0 Å². The van der Waals surface area contributed by atoms with E-state index in [1.165, 1.54) is 16.0 Å². The van der Waals surface area contributed by atoms with Crippen LogP contribution in [0.1, 0.15) is 18.1 Å². The predicted molar refractivity (Wildman–Crippen MR) is 87.5 cm³/mol. The van der Waals surface area contributed by atoms with Gasteiger partial charge in [-0.15, -0.1) is 11.8 Å². The standard InChI is InChI=1S/C16H18BrNS/c1-2-18-11-14-8-9-15(17)10-16(14)19-12-13-6-4-3-5-7-13/h3-10,18H,2,11-12H2,1H3. The molecule has 0 bridgehead atoms. The number of hydrogen-bond acceptors (Lipinski definition) is 2. The van der Waals surface area contributed by atoms with Gasteiger partial charge in [0.2, 0.25) is 0 Å². The Balaban J connectivity index is 2.07. The fourth-order valence-corrected chi connectivity index (χ4v) is 3.37. The zero-order chi connectivity index (χ0) is 13.5. The van der Waals surface area contributed by atoms with E-state index in [-0.39, 0.29) is 0 Å². The fraction of sp³-hybridized carbons (Fsp3) is 0.250. The van der Waals surface area contributed by atoms with Crippen molar-refractivity contribution in [2.24, 2.45) is 0 Å². The average Bonchev–Trinajstić information content (AvgIpc) is 2.45. The maximum atomic E-state index is 3.56. The molecule has 0 spiro atoms. The van der Waals surface area contributed by atoms with Crippen molar-refractivity contribution in [2.75, 3.05) is 6.54 Å². The van der Waals surface area contributed by atoms with Crippen molar-refractivity contribution in [1.82, 2.24) is 5.32 Å². The third-order valence-electron chi connectivity index (χ3n) is 2.83. The van der Waals surface area contributed by atoms with Crippen molar-refractivity contribution in [3.05, 3.63) is 64.1 Å². The highest BCUT2D eigenvalue weighted by Crippen LogP contribution is 2.29. The van der Waals surface area contributed by atoms with Crippen LogP contribution in [0.2, 0.25) is 0 Å². The zero-order valence-electron chi connectivity index (χ0n) is 11.0. The molecule has 0 atom stereocenters. The molecule has 0 aliphatic rings. The van der Waals surface area contributed by atoms with E-state index < -0.39 is 0 Å². The molecule has 0 radical (unpaired) electrons. The maximum absolute atomic E-state index is 3.56. The summed E-state index contributed by atoms with van der Waals surface area (Å²) in [7, 11) is 0. The van der Waals surface area contributed by atoms with Crippen LogP contribution in [0.4, 0.5) is 0 Å². The van der Waals surface area contributed by atoms with Gasteiger partial charge in [0, 0.05) is 21.7 Å². The first-order valence-corrected chi connectivity index (χ1v) is 8.23. The summed E-state index contributed by atoms with van der Waals surface area (Å²) in [6.07, 6.45) is 0. The molecule has 0 aliphatic carbocycles. The van der Waals surface area contributed by atoms with Gasteiger partial charge in [0.25, 0.3) is 0 Å². The van der Waals surface area contributed by atoms with Gasteiger partial charge in [-0.3, -0.25) is 0 Å². The molecule has 0 aliphatic heterocycles. The van der Waals surface area contributed by atoms with Gasteiger partial charge in [-0.2, -0.15) is 0 Å². The van der Waals surface area contributed by atoms with Gasteiger partial charge in [0.15, 0.2) is 0 Å². The molecule has 0 aromatic heterocycles. The van der Waals surface area contributed by atoms with E-state index in [2.05, 4.69) is 76.7 Å². The highest BCUT2D eigenvalue weighted by molar-refractivity contribution is 9.10. The molecule has 0 fully saturated rings. The topological polar surface area (TPSA) is 12.0 Å².